The molecule has 0 radical (unpaired) electrons. The monoisotopic (exact) mass is 502 g/mol. The van der Waals surface area contributed by atoms with Gasteiger partial charge < -0.3 is 0 Å². The van der Waals surface area contributed by atoms with E-state index in [1.165, 1.54) is 10.6 Å². The van der Waals surface area contributed by atoms with Crippen LogP contribution in [0.4, 0.5) is 0 Å². The van der Waals surface area contributed by atoms with Crippen molar-refractivity contribution in [3.63, 3.8) is 0 Å². The second-order valence-electron chi connectivity index (χ2n) is 12.0. The number of hydrogen-bond acceptors (Lipinski definition) is 0. The van der Waals surface area contributed by atoms with Crippen molar-refractivity contribution in [2.45, 2.75) is 104 Å². The largest absolute Gasteiger partial charge is 0.0643 e. The van der Waals surface area contributed by atoms with Crippen LogP contribution in [0, 0.1) is 0 Å². The molecule has 2 aromatic carbocycles. The second-order valence-corrected chi connectivity index (χ2v) is 19.8. The summed E-state index contributed by atoms with van der Waals surface area (Å²) in [5, 5.41) is 4.52. The van der Waals surface area contributed by atoms with E-state index >= 15 is 0 Å². The molecule has 0 nitrogen and oxygen atoms in total. The molecule has 0 aliphatic heterocycles. The van der Waals surface area contributed by atoms with Crippen molar-refractivity contribution in [3.05, 3.63) is 60.7 Å². The molecule has 0 saturated carbocycles. The molecule has 0 N–H and O–H groups in total. The van der Waals surface area contributed by atoms with Gasteiger partial charge in [0.2, 0.25) is 0 Å². The topological polar surface area (TPSA) is 0 Å². The minimum absolute atomic E-state index is 0. The Bertz CT molecular complexity index is 647. The van der Waals surface area contributed by atoms with E-state index < -0.39 is 0 Å². The molecule has 0 fully saturated rings. The van der Waals surface area contributed by atoms with Crippen molar-refractivity contribution in [1.29, 1.82) is 0 Å². The Hall–Kier alpha value is -0.206. The summed E-state index contributed by atoms with van der Waals surface area (Å²) in [6.45, 7) is 28.3. The maximum atomic E-state index is 2.36. The van der Waals surface area contributed by atoms with E-state index in [0.29, 0.717) is 20.6 Å². The molecule has 0 aliphatic carbocycles. The zero-order valence-corrected chi connectivity index (χ0v) is 24.8. The first-order chi connectivity index (χ1) is 13.5. The van der Waals surface area contributed by atoms with Crippen LogP contribution in [0.5, 0.6) is 0 Å². The Morgan fingerprint density at radius 1 is 0.387 bits per heavy atom. The normalized spacial score (nSPS) is 12.8. The van der Waals surface area contributed by atoms with Gasteiger partial charge in [-0.05, 0) is 31.2 Å². The van der Waals surface area contributed by atoms with E-state index in [0.717, 1.165) is 0 Å². The first kappa shape index (κ1) is 30.8. The predicted molar refractivity (Wildman–Crippen MR) is 145 cm³/mol. The molecule has 0 spiro atoms. The van der Waals surface area contributed by atoms with Crippen LogP contribution >= 0.6 is 15.8 Å². The Balaban J connectivity index is 0.000000562. The van der Waals surface area contributed by atoms with Gasteiger partial charge in [-0.3, -0.25) is 0 Å². The molecule has 0 amide bonds. The van der Waals surface area contributed by atoms with Crippen LogP contribution in [0.3, 0.4) is 0 Å². The van der Waals surface area contributed by atoms with E-state index in [-0.39, 0.29) is 32.3 Å². The van der Waals surface area contributed by atoms with E-state index in [4.69, 9.17) is 0 Å². The summed E-state index contributed by atoms with van der Waals surface area (Å²) >= 11 is 0. The van der Waals surface area contributed by atoms with E-state index in [2.05, 4.69) is 144 Å². The molecule has 31 heavy (non-hydrogen) atoms. The molecule has 0 heterocycles. The average molecular weight is 503 g/mol. The van der Waals surface area contributed by atoms with Crippen LogP contribution in [0.15, 0.2) is 60.7 Å². The number of benzene rings is 2. The Labute approximate surface area is 206 Å². The predicted octanol–water partition coefficient (Wildman–Crippen LogP) is 8.78. The molecule has 178 valence electrons. The van der Waals surface area contributed by atoms with Crippen molar-refractivity contribution in [2.24, 2.45) is 0 Å². The van der Waals surface area contributed by atoms with E-state index in [9.17, 15) is 0 Å². The van der Waals surface area contributed by atoms with Crippen LogP contribution in [-0.4, -0.2) is 20.6 Å². The van der Waals surface area contributed by atoms with Gasteiger partial charge in [0.1, 0.15) is 0 Å². The first-order valence-electron chi connectivity index (χ1n) is 11.2. The van der Waals surface area contributed by atoms with Crippen LogP contribution in [0.2, 0.25) is 0 Å². The van der Waals surface area contributed by atoms with Crippen LogP contribution in [0.25, 0.3) is 0 Å². The standard InChI is InChI=1S/2C14H23P.Ni/c2*1-13(2,3)15(14(4,5)6)12-10-8-7-9-11-12;/h2*7-11H,1-6H3;. The summed E-state index contributed by atoms with van der Waals surface area (Å²) in [6, 6.07) is 21.9. The van der Waals surface area contributed by atoms with Crippen LogP contribution in [-0.2, 0) is 16.5 Å². The molecule has 3 heteroatoms. The maximum absolute atomic E-state index is 2.36. The average Bonchev–Trinajstić information content (AvgIpc) is 2.52. The van der Waals surface area contributed by atoms with Crippen LogP contribution < -0.4 is 10.6 Å². The SMILES string of the molecule is CC(C)(C)P(c1ccccc1)C(C)(C)C.CC(C)(C)P(c1ccccc1)C(C)(C)C.[Ni]. The fourth-order valence-electron chi connectivity index (χ4n) is 4.72. The van der Waals surface area contributed by atoms with Gasteiger partial charge in [0.15, 0.2) is 0 Å². The molecular weight excluding hydrogens is 457 g/mol. The van der Waals surface area contributed by atoms with Gasteiger partial charge in [-0.1, -0.05) is 160 Å². The van der Waals surface area contributed by atoms with Crippen molar-refractivity contribution in [1.82, 2.24) is 0 Å². The quantitative estimate of drug-likeness (QED) is 0.284. The Kier molecular flexibility index (Phi) is 11.7. The molecular formula is C28H46NiP2. The fraction of sp³-hybridized carbons (Fsp3) is 0.571. The van der Waals surface area contributed by atoms with Crippen molar-refractivity contribution >= 4 is 26.5 Å². The maximum Gasteiger partial charge on any atom is 0 e. The number of hydrogen-bond donors (Lipinski definition) is 0. The molecule has 2 rings (SSSR count). The third-order valence-electron chi connectivity index (χ3n) is 4.71. The summed E-state index contributed by atoms with van der Waals surface area (Å²) in [6.07, 6.45) is 0. The molecule has 0 atom stereocenters. The summed E-state index contributed by atoms with van der Waals surface area (Å²) in [5.74, 6) is 0. The van der Waals surface area contributed by atoms with Crippen molar-refractivity contribution < 1.29 is 16.5 Å². The summed E-state index contributed by atoms with van der Waals surface area (Å²) in [4.78, 5) is 0. The molecule has 2 aromatic rings. The first-order valence-corrected chi connectivity index (χ1v) is 13.8. The van der Waals surface area contributed by atoms with Gasteiger partial charge in [0, 0.05) is 16.5 Å². The van der Waals surface area contributed by atoms with Crippen molar-refractivity contribution in [2.75, 3.05) is 0 Å². The van der Waals surface area contributed by atoms with E-state index in [1.54, 1.807) is 0 Å². The number of rotatable bonds is 2. The van der Waals surface area contributed by atoms with Crippen molar-refractivity contribution in [3.8, 4) is 0 Å². The van der Waals surface area contributed by atoms with Gasteiger partial charge >= 0.3 is 0 Å². The minimum atomic E-state index is -0.138. The van der Waals surface area contributed by atoms with Crippen LogP contribution in [0.1, 0.15) is 83.1 Å². The van der Waals surface area contributed by atoms with Gasteiger partial charge in [-0.25, -0.2) is 0 Å². The van der Waals surface area contributed by atoms with Gasteiger partial charge in [0.25, 0.3) is 0 Å². The van der Waals surface area contributed by atoms with Gasteiger partial charge in [0.05, 0.1) is 0 Å². The minimum Gasteiger partial charge on any atom is -0.0643 e. The third-order valence-corrected chi connectivity index (χ3v) is 11.7. The molecule has 0 aromatic heterocycles. The molecule has 0 unspecified atom stereocenters. The molecule has 0 aliphatic rings. The second kappa shape index (κ2) is 11.8. The Morgan fingerprint density at radius 2 is 0.581 bits per heavy atom. The van der Waals surface area contributed by atoms with E-state index in [1.807, 2.05) is 0 Å². The zero-order valence-electron chi connectivity index (χ0n) is 22.0. The summed E-state index contributed by atoms with van der Waals surface area (Å²) in [5.41, 5.74) is 0. The zero-order chi connectivity index (χ0) is 23.4. The van der Waals surface area contributed by atoms with Gasteiger partial charge in [-0.2, -0.15) is 0 Å². The smallest absolute Gasteiger partial charge is 0 e. The summed E-state index contributed by atoms with van der Waals surface area (Å²) < 4.78 is 0. The molecule has 0 saturated heterocycles. The fourth-order valence-corrected chi connectivity index (χ4v) is 12.8. The van der Waals surface area contributed by atoms with Gasteiger partial charge in [-0.15, -0.1) is 0 Å². The Morgan fingerprint density at radius 3 is 0.742 bits per heavy atom. The molecule has 0 bridgehead atoms. The summed E-state index contributed by atoms with van der Waals surface area (Å²) in [7, 11) is -0.276. The third kappa shape index (κ3) is 10.1.